The first kappa shape index (κ1) is 22.4. The van der Waals surface area contributed by atoms with Gasteiger partial charge in [-0.15, -0.1) is 0 Å². The lowest BCUT2D eigenvalue weighted by Gasteiger charge is -2.21. The van der Waals surface area contributed by atoms with Crippen LogP contribution in [0.4, 0.5) is 0 Å². The molecule has 2 unspecified atom stereocenters. The van der Waals surface area contributed by atoms with Crippen LogP contribution in [-0.2, 0) is 19.1 Å². The van der Waals surface area contributed by atoms with Gasteiger partial charge < -0.3 is 9.47 Å². The van der Waals surface area contributed by atoms with Crippen LogP contribution in [0, 0.1) is 23.7 Å². The Hall–Kier alpha value is -1.84. The van der Waals surface area contributed by atoms with E-state index >= 15 is 0 Å². The van der Waals surface area contributed by atoms with E-state index in [4.69, 9.17) is 9.47 Å². The molecule has 4 nitrogen and oxygen atoms in total. The topological polar surface area (TPSA) is 52.6 Å². The number of allylic oxidation sites excluding steroid dienone is 6. The number of hydrogen-bond donors (Lipinski definition) is 0. The van der Waals surface area contributed by atoms with Crippen LogP contribution >= 0.6 is 0 Å². The van der Waals surface area contributed by atoms with Gasteiger partial charge in [0.1, 0.15) is 11.6 Å². The molecule has 0 bridgehead atoms. The Morgan fingerprint density at radius 3 is 1.54 bits per heavy atom. The quantitative estimate of drug-likeness (QED) is 0.471. The van der Waals surface area contributed by atoms with Crippen molar-refractivity contribution in [2.24, 2.45) is 23.7 Å². The van der Waals surface area contributed by atoms with Crippen LogP contribution in [0.1, 0.15) is 66.2 Å². The number of rotatable bonds is 10. The summed E-state index contributed by atoms with van der Waals surface area (Å²) in [6.45, 7) is 9.87. The second kappa shape index (κ2) is 11.2. The third kappa shape index (κ3) is 7.65. The van der Waals surface area contributed by atoms with Crippen LogP contribution in [-0.4, -0.2) is 24.8 Å². The van der Waals surface area contributed by atoms with Crippen molar-refractivity contribution in [1.82, 2.24) is 0 Å². The first-order valence-electron chi connectivity index (χ1n) is 10.7. The molecule has 0 aromatic rings. The highest BCUT2D eigenvalue weighted by Crippen LogP contribution is 2.26. The van der Waals surface area contributed by atoms with Crippen molar-refractivity contribution in [1.29, 1.82) is 0 Å². The molecule has 0 spiro atoms. The first-order valence-corrected chi connectivity index (χ1v) is 10.7. The van der Waals surface area contributed by atoms with Crippen molar-refractivity contribution >= 4 is 11.6 Å². The Labute approximate surface area is 170 Å². The highest BCUT2D eigenvalue weighted by Gasteiger charge is 2.23. The van der Waals surface area contributed by atoms with E-state index < -0.39 is 0 Å². The number of ketones is 2. The van der Waals surface area contributed by atoms with Crippen LogP contribution in [0.5, 0.6) is 0 Å². The summed E-state index contributed by atoms with van der Waals surface area (Å²) in [6.07, 6.45) is 11.9. The molecule has 0 aromatic carbocycles. The lowest BCUT2D eigenvalue weighted by Crippen LogP contribution is -2.19. The molecule has 28 heavy (non-hydrogen) atoms. The molecule has 0 saturated heterocycles. The minimum atomic E-state index is -0.102. The van der Waals surface area contributed by atoms with Crippen molar-refractivity contribution in [3.63, 3.8) is 0 Å². The van der Waals surface area contributed by atoms with Gasteiger partial charge in [0, 0.05) is 37.5 Å². The molecule has 2 atom stereocenters. The molecular weight excluding hydrogens is 352 g/mol. The molecule has 0 aromatic heterocycles. The monoisotopic (exact) mass is 388 g/mol. The van der Waals surface area contributed by atoms with E-state index in [2.05, 4.69) is 27.7 Å². The average molecular weight is 389 g/mol. The molecule has 0 saturated carbocycles. The Kier molecular flexibility index (Phi) is 9.01. The molecule has 0 radical (unpaired) electrons. The summed E-state index contributed by atoms with van der Waals surface area (Å²) in [7, 11) is 0. The third-order valence-corrected chi connectivity index (χ3v) is 4.99. The molecule has 2 aliphatic rings. The van der Waals surface area contributed by atoms with Gasteiger partial charge in [0.05, 0.1) is 24.7 Å². The number of carbonyl (C=O) groups excluding carboxylic acids is 2. The fourth-order valence-electron chi connectivity index (χ4n) is 3.34. The zero-order valence-electron chi connectivity index (χ0n) is 17.9. The van der Waals surface area contributed by atoms with Crippen molar-refractivity contribution in [3.05, 3.63) is 35.8 Å². The molecule has 2 aliphatic carbocycles. The smallest absolute Gasteiger partial charge is 0.140 e. The molecule has 0 heterocycles. The Morgan fingerprint density at radius 1 is 0.786 bits per heavy atom. The lowest BCUT2D eigenvalue weighted by atomic mass is 9.88. The van der Waals surface area contributed by atoms with Gasteiger partial charge in [-0.3, -0.25) is 9.59 Å². The minimum absolute atomic E-state index is 0.102. The van der Waals surface area contributed by atoms with E-state index in [1.807, 2.05) is 24.3 Å². The molecule has 0 fully saturated rings. The van der Waals surface area contributed by atoms with E-state index in [0.717, 1.165) is 11.5 Å². The largest absolute Gasteiger partial charge is 0.498 e. The zero-order valence-corrected chi connectivity index (χ0v) is 17.9. The van der Waals surface area contributed by atoms with Gasteiger partial charge in [-0.2, -0.15) is 0 Å². The van der Waals surface area contributed by atoms with Crippen LogP contribution in [0.25, 0.3) is 0 Å². The maximum absolute atomic E-state index is 12.2. The van der Waals surface area contributed by atoms with E-state index in [-0.39, 0.29) is 23.4 Å². The average Bonchev–Trinajstić information content (AvgIpc) is 2.65. The van der Waals surface area contributed by atoms with Gasteiger partial charge in [-0.05, 0) is 36.8 Å². The van der Waals surface area contributed by atoms with Gasteiger partial charge in [0.2, 0.25) is 0 Å². The molecule has 4 heteroatoms. The maximum Gasteiger partial charge on any atom is 0.140 e. The van der Waals surface area contributed by atoms with Crippen molar-refractivity contribution in [2.75, 3.05) is 13.2 Å². The van der Waals surface area contributed by atoms with Crippen molar-refractivity contribution in [2.45, 2.75) is 66.2 Å². The van der Waals surface area contributed by atoms with Gasteiger partial charge >= 0.3 is 0 Å². The molecule has 0 N–H and O–H groups in total. The number of carbonyl (C=O) groups is 2. The normalized spacial score (nSPS) is 23.4. The van der Waals surface area contributed by atoms with Crippen LogP contribution in [0.3, 0.4) is 0 Å². The molecule has 2 rings (SSSR count). The van der Waals surface area contributed by atoms with E-state index in [1.54, 1.807) is 0 Å². The van der Waals surface area contributed by atoms with Crippen LogP contribution < -0.4 is 0 Å². The van der Waals surface area contributed by atoms with Gasteiger partial charge in [0.25, 0.3) is 0 Å². The third-order valence-electron chi connectivity index (χ3n) is 4.99. The Balaban J connectivity index is 1.85. The highest BCUT2D eigenvalue weighted by atomic mass is 16.5. The SMILES string of the molecule is CC(C)COC1=CC(CC=CCC2C=C(OCC(C)C)CCC2=O)C(=O)CC1. The predicted octanol–water partition coefficient (Wildman–Crippen LogP) is 5.39. The first-order chi connectivity index (χ1) is 13.3. The lowest BCUT2D eigenvalue weighted by molar-refractivity contribution is -0.123. The Bertz CT molecular complexity index is 571. The van der Waals surface area contributed by atoms with Gasteiger partial charge in [-0.1, -0.05) is 39.8 Å². The molecule has 0 aliphatic heterocycles. The number of ether oxygens (including phenoxy) is 2. The summed E-state index contributed by atoms with van der Waals surface area (Å²) in [5, 5.41) is 0. The molecular formula is C24H36O4. The molecule has 0 amide bonds. The zero-order chi connectivity index (χ0) is 20.5. The number of hydrogen-bond acceptors (Lipinski definition) is 4. The van der Waals surface area contributed by atoms with E-state index in [0.29, 0.717) is 63.6 Å². The summed E-state index contributed by atoms with van der Waals surface area (Å²) in [5.74, 6) is 3.20. The predicted molar refractivity (Wildman–Crippen MR) is 112 cm³/mol. The van der Waals surface area contributed by atoms with Crippen LogP contribution in [0.15, 0.2) is 35.8 Å². The van der Waals surface area contributed by atoms with Crippen molar-refractivity contribution < 1.29 is 19.1 Å². The van der Waals surface area contributed by atoms with Gasteiger partial charge in [-0.25, -0.2) is 0 Å². The standard InChI is InChI=1S/C24H36O4/c1-17(2)15-27-21-9-11-23(25)19(13-21)7-5-6-8-20-14-22(10-12-24(20)26)28-16-18(3)4/h5-6,13-14,17-20H,7-12,15-16H2,1-4H3. The summed E-state index contributed by atoms with van der Waals surface area (Å²) < 4.78 is 11.6. The minimum Gasteiger partial charge on any atom is -0.498 e. The van der Waals surface area contributed by atoms with E-state index in [9.17, 15) is 9.59 Å². The second-order valence-electron chi connectivity index (χ2n) is 8.76. The van der Waals surface area contributed by atoms with Crippen LogP contribution in [0.2, 0.25) is 0 Å². The van der Waals surface area contributed by atoms with E-state index in [1.165, 1.54) is 0 Å². The fourth-order valence-corrected chi connectivity index (χ4v) is 3.34. The maximum atomic E-state index is 12.2. The summed E-state index contributed by atoms with van der Waals surface area (Å²) in [6, 6.07) is 0. The van der Waals surface area contributed by atoms with Gasteiger partial charge in [0.15, 0.2) is 0 Å². The fraction of sp³-hybridized carbons (Fsp3) is 0.667. The van der Waals surface area contributed by atoms with Crippen molar-refractivity contribution in [3.8, 4) is 0 Å². The molecule has 156 valence electrons. The Morgan fingerprint density at radius 2 is 1.18 bits per heavy atom. The summed E-state index contributed by atoms with van der Waals surface area (Å²) in [4.78, 5) is 24.4. The second-order valence-corrected chi connectivity index (χ2v) is 8.76. The summed E-state index contributed by atoms with van der Waals surface area (Å²) >= 11 is 0. The summed E-state index contributed by atoms with van der Waals surface area (Å²) in [5.41, 5.74) is 0. The highest BCUT2D eigenvalue weighted by molar-refractivity contribution is 5.84. The number of Topliss-reactive ketones (excluding diaryl/α,β-unsaturated/α-hetero) is 2.